The molecule has 132 valence electrons. The Labute approximate surface area is 160 Å². The van der Waals surface area contributed by atoms with Crippen LogP contribution in [0.3, 0.4) is 0 Å². The van der Waals surface area contributed by atoms with Gasteiger partial charge in [0.1, 0.15) is 11.3 Å². The Hall–Kier alpha value is -3.24. The van der Waals surface area contributed by atoms with Gasteiger partial charge in [-0.25, -0.2) is 9.37 Å². The van der Waals surface area contributed by atoms with Crippen LogP contribution in [-0.4, -0.2) is 11.2 Å². The molecule has 5 heteroatoms. The highest BCUT2D eigenvalue weighted by Gasteiger charge is 2.12. The normalized spacial score (nSPS) is 11.8. The number of hydrogen-bond acceptors (Lipinski definition) is 3. The monoisotopic (exact) mass is 376 g/mol. The van der Waals surface area contributed by atoms with Gasteiger partial charge >= 0.3 is 0 Å². The number of benzene rings is 3. The Morgan fingerprint density at radius 1 is 1.00 bits per heavy atom. The van der Waals surface area contributed by atoms with Crippen LogP contribution >= 0.6 is 11.6 Å². The second kappa shape index (κ2) is 7.56. The molecule has 0 saturated heterocycles. The first-order valence-corrected chi connectivity index (χ1v) is 8.69. The Morgan fingerprint density at radius 2 is 1.85 bits per heavy atom. The molecule has 0 aliphatic heterocycles. The molecule has 4 rings (SSSR count). The average molecular weight is 377 g/mol. The predicted molar refractivity (Wildman–Crippen MR) is 108 cm³/mol. The predicted octanol–water partition coefficient (Wildman–Crippen LogP) is 6.70. The topological polar surface area (TPSA) is 38.4 Å². The van der Waals surface area contributed by atoms with Gasteiger partial charge in [0.2, 0.25) is 5.89 Å². The maximum absolute atomic E-state index is 13.2. The smallest absolute Gasteiger partial charge is 0.228 e. The van der Waals surface area contributed by atoms with Crippen LogP contribution in [0.2, 0.25) is 5.02 Å². The molecule has 1 heterocycles. The van der Waals surface area contributed by atoms with Gasteiger partial charge in [-0.15, -0.1) is 0 Å². The number of nitrogens with zero attached hydrogens (tertiary/aromatic N) is 2. The van der Waals surface area contributed by atoms with Crippen molar-refractivity contribution < 1.29 is 8.81 Å². The van der Waals surface area contributed by atoms with Gasteiger partial charge in [0.15, 0.2) is 5.58 Å². The Bertz CT molecular complexity index is 1150. The molecular weight excluding hydrogens is 363 g/mol. The fraction of sp³-hybridized carbons (Fsp3) is 0. The van der Waals surface area contributed by atoms with Crippen LogP contribution in [0.25, 0.3) is 28.6 Å². The molecule has 0 radical (unpaired) electrons. The Morgan fingerprint density at radius 3 is 2.67 bits per heavy atom. The van der Waals surface area contributed by atoms with Crippen LogP contribution in [0, 0.1) is 5.82 Å². The van der Waals surface area contributed by atoms with Crippen molar-refractivity contribution in [2.45, 2.75) is 0 Å². The lowest BCUT2D eigenvalue weighted by Gasteiger charge is -1.98. The molecule has 0 unspecified atom stereocenters. The molecule has 4 aromatic rings. The van der Waals surface area contributed by atoms with E-state index in [1.54, 1.807) is 18.3 Å². The third kappa shape index (κ3) is 3.96. The van der Waals surface area contributed by atoms with Gasteiger partial charge in [-0.3, -0.25) is 4.99 Å². The third-order valence-corrected chi connectivity index (χ3v) is 4.24. The quantitative estimate of drug-likeness (QED) is 0.371. The lowest BCUT2D eigenvalue weighted by Crippen LogP contribution is -1.81. The summed E-state index contributed by atoms with van der Waals surface area (Å²) in [5, 5.41) is 0.255. The first kappa shape index (κ1) is 17.2. The molecule has 0 fully saturated rings. The van der Waals surface area contributed by atoms with Crippen molar-refractivity contribution in [2.75, 3.05) is 0 Å². The molecular formula is C22H14ClFN2O. The highest BCUT2D eigenvalue weighted by Crippen LogP contribution is 2.31. The number of oxazole rings is 1. The zero-order valence-electron chi connectivity index (χ0n) is 14.1. The Kier molecular flexibility index (Phi) is 4.81. The molecule has 27 heavy (non-hydrogen) atoms. The SMILES string of the molecule is Fc1ccc(-c2nc3cc(N=CC=Cc4ccccc4)ccc3o2)c(Cl)c1. The van der Waals surface area contributed by atoms with E-state index >= 15 is 0 Å². The van der Waals surface area contributed by atoms with E-state index in [9.17, 15) is 4.39 Å². The summed E-state index contributed by atoms with van der Waals surface area (Å²) in [6.45, 7) is 0. The number of allylic oxidation sites excluding steroid dienone is 1. The summed E-state index contributed by atoms with van der Waals surface area (Å²) >= 11 is 6.09. The van der Waals surface area contributed by atoms with Crippen LogP contribution in [-0.2, 0) is 0 Å². The summed E-state index contributed by atoms with van der Waals surface area (Å²) in [7, 11) is 0. The number of halogens is 2. The molecule has 0 bridgehead atoms. The summed E-state index contributed by atoms with van der Waals surface area (Å²) in [6, 6.07) is 19.6. The van der Waals surface area contributed by atoms with Crippen LogP contribution in [0.5, 0.6) is 0 Å². The van der Waals surface area contributed by atoms with Crippen LogP contribution in [0.15, 0.2) is 82.2 Å². The summed E-state index contributed by atoms with van der Waals surface area (Å²) in [5.74, 6) is -0.0554. The molecule has 1 aromatic heterocycles. The average Bonchev–Trinajstić information content (AvgIpc) is 3.09. The molecule has 3 aromatic carbocycles. The standard InChI is InChI=1S/C22H14ClFN2O/c23-19-13-16(24)8-10-18(19)22-26-20-14-17(9-11-21(20)27-22)25-12-4-7-15-5-2-1-3-6-15/h1-14H. The number of rotatable bonds is 4. The van der Waals surface area contributed by atoms with E-state index in [-0.39, 0.29) is 5.02 Å². The summed E-state index contributed by atoms with van der Waals surface area (Å²) in [5.41, 5.74) is 3.68. The number of fused-ring (bicyclic) bond motifs is 1. The molecule has 0 saturated carbocycles. The van der Waals surface area contributed by atoms with Gasteiger partial charge in [0.25, 0.3) is 0 Å². The number of aliphatic imine (C=N–C) groups is 1. The van der Waals surface area contributed by atoms with Gasteiger partial charge in [0.05, 0.1) is 16.3 Å². The minimum atomic E-state index is -0.403. The van der Waals surface area contributed by atoms with E-state index < -0.39 is 5.82 Å². The number of aromatic nitrogens is 1. The lowest BCUT2D eigenvalue weighted by molar-refractivity contribution is 0.616. The highest BCUT2D eigenvalue weighted by atomic mass is 35.5. The van der Waals surface area contributed by atoms with Crippen molar-refractivity contribution in [3.63, 3.8) is 0 Å². The van der Waals surface area contributed by atoms with Crippen molar-refractivity contribution in [3.8, 4) is 11.5 Å². The van der Waals surface area contributed by atoms with Gasteiger partial charge in [-0.1, -0.05) is 48.0 Å². The minimum Gasteiger partial charge on any atom is -0.436 e. The van der Waals surface area contributed by atoms with Crippen molar-refractivity contribution >= 4 is 40.7 Å². The molecule has 0 aliphatic carbocycles. The van der Waals surface area contributed by atoms with Crippen molar-refractivity contribution in [3.05, 3.63) is 89.2 Å². The van der Waals surface area contributed by atoms with Gasteiger partial charge in [0, 0.05) is 6.21 Å². The van der Waals surface area contributed by atoms with Crippen molar-refractivity contribution in [1.29, 1.82) is 0 Å². The summed E-state index contributed by atoms with van der Waals surface area (Å²) in [6.07, 6.45) is 5.59. The second-order valence-electron chi connectivity index (χ2n) is 5.84. The summed E-state index contributed by atoms with van der Waals surface area (Å²) in [4.78, 5) is 8.86. The first-order chi connectivity index (χ1) is 13.2. The van der Waals surface area contributed by atoms with Crippen molar-refractivity contribution in [2.24, 2.45) is 4.99 Å². The van der Waals surface area contributed by atoms with E-state index in [2.05, 4.69) is 9.98 Å². The van der Waals surface area contributed by atoms with Gasteiger partial charge in [-0.2, -0.15) is 0 Å². The van der Waals surface area contributed by atoms with Crippen LogP contribution in [0.1, 0.15) is 5.56 Å². The van der Waals surface area contributed by atoms with E-state index in [0.717, 1.165) is 11.3 Å². The molecule has 0 spiro atoms. The first-order valence-electron chi connectivity index (χ1n) is 8.31. The molecule has 3 nitrogen and oxygen atoms in total. The zero-order valence-corrected chi connectivity index (χ0v) is 14.9. The zero-order chi connectivity index (χ0) is 18.6. The van der Waals surface area contributed by atoms with Gasteiger partial charge < -0.3 is 4.42 Å². The maximum Gasteiger partial charge on any atom is 0.228 e. The fourth-order valence-corrected chi connectivity index (χ4v) is 2.87. The van der Waals surface area contributed by atoms with E-state index in [4.69, 9.17) is 16.0 Å². The van der Waals surface area contributed by atoms with E-state index in [1.807, 2.05) is 54.6 Å². The maximum atomic E-state index is 13.2. The fourth-order valence-electron chi connectivity index (χ4n) is 2.62. The molecule has 0 aliphatic rings. The minimum absolute atomic E-state index is 0.255. The van der Waals surface area contributed by atoms with E-state index in [1.165, 1.54) is 12.1 Å². The summed E-state index contributed by atoms with van der Waals surface area (Å²) < 4.78 is 18.9. The largest absolute Gasteiger partial charge is 0.436 e. The van der Waals surface area contributed by atoms with E-state index in [0.29, 0.717) is 22.6 Å². The molecule has 0 amide bonds. The lowest BCUT2D eigenvalue weighted by atomic mass is 10.2. The molecule has 0 N–H and O–H groups in total. The molecule has 0 atom stereocenters. The van der Waals surface area contributed by atoms with Crippen LogP contribution < -0.4 is 0 Å². The van der Waals surface area contributed by atoms with Gasteiger partial charge in [-0.05, 0) is 48.0 Å². The van der Waals surface area contributed by atoms with Crippen molar-refractivity contribution in [1.82, 2.24) is 4.98 Å². The highest BCUT2D eigenvalue weighted by molar-refractivity contribution is 6.33. The van der Waals surface area contributed by atoms with Crippen LogP contribution in [0.4, 0.5) is 10.1 Å². The second-order valence-corrected chi connectivity index (χ2v) is 6.25. The third-order valence-electron chi connectivity index (χ3n) is 3.93. The Balaban J connectivity index is 1.57. The number of hydrogen-bond donors (Lipinski definition) is 0.